The molecule has 72 valence electrons. The van der Waals surface area contributed by atoms with Crippen LogP contribution in [0.15, 0.2) is 0 Å². The Hall–Kier alpha value is -0.160. The van der Waals surface area contributed by atoms with Crippen LogP contribution in [0, 0.1) is 5.92 Å². The normalized spacial score (nSPS) is 43.5. The highest BCUT2D eigenvalue weighted by Gasteiger charge is 2.40. The highest BCUT2D eigenvalue weighted by atomic mass is 16.4. The summed E-state index contributed by atoms with van der Waals surface area (Å²) in [4.78, 5) is 0. The molecule has 5 N–H and O–H groups in total. The van der Waals surface area contributed by atoms with Gasteiger partial charge in [0.15, 0.2) is 0 Å². The van der Waals surface area contributed by atoms with Crippen LogP contribution in [0.2, 0.25) is 0 Å². The summed E-state index contributed by atoms with van der Waals surface area (Å²) in [5.41, 5.74) is 0. The molecule has 1 heterocycles. The van der Waals surface area contributed by atoms with E-state index in [-0.39, 0.29) is 6.04 Å². The average molecular weight is 176 g/mol. The van der Waals surface area contributed by atoms with Crippen LogP contribution in [0.4, 0.5) is 0 Å². The van der Waals surface area contributed by atoms with Crippen LogP contribution in [0.3, 0.4) is 0 Å². The number of rotatable bonds is 1. The molecule has 0 bridgehead atoms. The van der Waals surface area contributed by atoms with Gasteiger partial charge in [-0.2, -0.15) is 0 Å². The molecule has 0 saturated carbocycles. The van der Waals surface area contributed by atoms with Gasteiger partial charge in [0, 0.05) is 5.92 Å². The van der Waals surface area contributed by atoms with E-state index in [0.29, 0.717) is 12.5 Å². The quantitative estimate of drug-likeness (QED) is 0.362. The summed E-state index contributed by atoms with van der Waals surface area (Å²) in [5.74, 6) is 0.308. The molecule has 0 amide bonds. The number of aliphatic hydroxyl groups is 3. The van der Waals surface area contributed by atoms with E-state index >= 15 is 0 Å². The van der Waals surface area contributed by atoms with Crippen LogP contribution in [0.5, 0.6) is 0 Å². The predicted octanol–water partition coefficient (Wildman–Crippen LogP) is -2.33. The van der Waals surface area contributed by atoms with Crippen LogP contribution in [0.25, 0.3) is 0 Å². The van der Waals surface area contributed by atoms with Crippen LogP contribution in [0.1, 0.15) is 13.8 Å². The summed E-state index contributed by atoms with van der Waals surface area (Å²) < 4.78 is 0. The molecule has 4 atom stereocenters. The second kappa shape index (κ2) is 3.70. The largest absolute Gasteiger partial charge is 0.387 e. The molecule has 1 aliphatic rings. The van der Waals surface area contributed by atoms with Gasteiger partial charge in [-0.15, -0.1) is 0 Å². The van der Waals surface area contributed by atoms with Crippen molar-refractivity contribution >= 4 is 0 Å². The molecule has 0 aromatic rings. The van der Waals surface area contributed by atoms with Crippen LogP contribution in [-0.2, 0) is 0 Å². The monoisotopic (exact) mass is 176 g/mol. The molecule has 1 rings (SSSR count). The van der Waals surface area contributed by atoms with Gasteiger partial charge >= 0.3 is 0 Å². The van der Waals surface area contributed by atoms with Gasteiger partial charge in [-0.05, 0) is 0 Å². The molecule has 1 fully saturated rings. The minimum absolute atomic E-state index is 0.00315. The van der Waals surface area contributed by atoms with Gasteiger partial charge in [0.1, 0.15) is 30.9 Å². The number of hydrogen-bond donors (Lipinski definition) is 4. The Kier molecular flexibility index (Phi) is 3.06. The van der Waals surface area contributed by atoms with E-state index in [1.807, 2.05) is 19.2 Å². The molecule has 4 nitrogen and oxygen atoms in total. The van der Waals surface area contributed by atoms with E-state index in [1.165, 1.54) is 0 Å². The molecule has 0 aromatic heterocycles. The topological polar surface area (TPSA) is 77.3 Å². The van der Waals surface area contributed by atoms with E-state index in [2.05, 4.69) is 0 Å². The third kappa shape index (κ3) is 1.77. The van der Waals surface area contributed by atoms with Crippen molar-refractivity contribution in [3.8, 4) is 0 Å². The fraction of sp³-hybridized carbons (Fsp3) is 1.00. The van der Waals surface area contributed by atoms with Crippen molar-refractivity contribution in [1.29, 1.82) is 0 Å². The van der Waals surface area contributed by atoms with Crippen molar-refractivity contribution in [3.63, 3.8) is 0 Å². The smallest absolute Gasteiger partial charge is 0.134 e. The lowest BCUT2D eigenvalue weighted by atomic mass is 9.89. The van der Waals surface area contributed by atoms with Gasteiger partial charge in [0.2, 0.25) is 0 Å². The van der Waals surface area contributed by atoms with Gasteiger partial charge < -0.3 is 20.6 Å². The van der Waals surface area contributed by atoms with Crippen LogP contribution in [-0.4, -0.2) is 46.2 Å². The zero-order valence-corrected chi connectivity index (χ0v) is 7.51. The van der Waals surface area contributed by atoms with Crippen LogP contribution >= 0.6 is 0 Å². The molecule has 12 heavy (non-hydrogen) atoms. The maximum Gasteiger partial charge on any atom is 0.134 e. The highest BCUT2D eigenvalue weighted by Crippen LogP contribution is 2.11. The molecule has 0 spiro atoms. The number of aliphatic hydroxyl groups excluding tert-OH is 3. The van der Waals surface area contributed by atoms with E-state index in [1.54, 1.807) is 0 Å². The lowest BCUT2D eigenvalue weighted by molar-refractivity contribution is -0.721. The number of piperidine rings is 1. The van der Waals surface area contributed by atoms with Crippen molar-refractivity contribution in [3.05, 3.63) is 0 Å². The summed E-state index contributed by atoms with van der Waals surface area (Å²) in [6.07, 6.45) is -2.59. The fourth-order valence-electron chi connectivity index (χ4n) is 1.70. The molecule has 4 heteroatoms. The first-order valence-corrected chi connectivity index (χ1v) is 4.41. The fourth-order valence-corrected chi connectivity index (χ4v) is 1.70. The van der Waals surface area contributed by atoms with E-state index < -0.39 is 18.3 Å². The Balaban J connectivity index is 2.58. The maximum atomic E-state index is 9.54. The zero-order chi connectivity index (χ0) is 9.30. The summed E-state index contributed by atoms with van der Waals surface area (Å²) in [6.45, 7) is 4.46. The van der Waals surface area contributed by atoms with Gasteiger partial charge in [-0.3, -0.25) is 0 Å². The third-order valence-corrected chi connectivity index (χ3v) is 2.56. The summed E-state index contributed by atoms with van der Waals surface area (Å²) in [7, 11) is 0. The maximum absolute atomic E-state index is 9.54. The number of quaternary nitrogens is 1. The Bertz CT molecular complexity index is 151. The molecule has 0 aliphatic carbocycles. The van der Waals surface area contributed by atoms with Crippen LogP contribution < -0.4 is 5.32 Å². The Labute approximate surface area is 72.2 Å². The molecule has 0 radical (unpaired) electrons. The molecule has 1 aliphatic heterocycles. The highest BCUT2D eigenvalue weighted by molar-refractivity contribution is 4.84. The lowest BCUT2D eigenvalue weighted by Crippen LogP contribution is -2.99. The molecular formula is C8H18NO3+. The number of hydrogen-bond acceptors (Lipinski definition) is 3. The summed E-state index contributed by atoms with van der Waals surface area (Å²) in [5, 5.41) is 30.0. The second-order valence-electron chi connectivity index (χ2n) is 3.84. The second-order valence-corrected chi connectivity index (χ2v) is 3.84. The van der Waals surface area contributed by atoms with E-state index in [9.17, 15) is 15.3 Å². The Morgan fingerprint density at radius 3 is 2.25 bits per heavy atom. The predicted molar refractivity (Wildman–Crippen MR) is 43.4 cm³/mol. The first-order valence-electron chi connectivity index (χ1n) is 4.41. The van der Waals surface area contributed by atoms with Crippen molar-refractivity contribution < 1.29 is 20.6 Å². The SMILES string of the molecule is CC(C)[C@@H]1[NH2+]C[C@@H](O)[C@H](O)[C@@H]1O. The van der Waals surface area contributed by atoms with Gasteiger partial charge in [0.05, 0.1) is 0 Å². The first kappa shape index (κ1) is 9.92. The molecular weight excluding hydrogens is 158 g/mol. The van der Waals surface area contributed by atoms with Crippen molar-refractivity contribution in [2.45, 2.75) is 38.2 Å². The molecule has 0 aromatic carbocycles. The minimum atomic E-state index is -0.984. The van der Waals surface area contributed by atoms with E-state index in [0.717, 1.165) is 0 Å². The Morgan fingerprint density at radius 1 is 1.17 bits per heavy atom. The standard InChI is InChI=1S/C8H17NO3/c1-4(2)6-8(12)7(11)5(10)3-9-6/h4-12H,3H2,1-2H3/p+1/t5-,6+,7+,8-/m1/s1. The zero-order valence-electron chi connectivity index (χ0n) is 7.51. The summed E-state index contributed by atoms with van der Waals surface area (Å²) >= 11 is 0. The third-order valence-electron chi connectivity index (χ3n) is 2.56. The lowest BCUT2D eigenvalue weighted by Gasteiger charge is -2.35. The Morgan fingerprint density at radius 2 is 1.75 bits per heavy atom. The molecule has 1 saturated heterocycles. The minimum Gasteiger partial charge on any atom is -0.387 e. The van der Waals surface area contributed by atoms with Crippen molar-refractivity contribution in [2.24, 2.45) is 5.92 Å². The van der Waals surface area contributed by atoms with Gasteiger partial charge in [-0.25, -0.2) is 0 Å². The van der Waals surface area contributed by atoms with Gasteiger partial charge in [0.25, 0.3) is 0 Å². The number of nitrogens with two attached hydrogens (primary N) is 1. The molecule has 0 unspecified atom stereocenters. The summed E-state index contributed by atoms with van der Waals surface area (Å²) in [6, 6.07) is 0.00315. The first-order chi connectivity index (χ1) is 5.54. The van der Waals surface area contributed by atoms with Gasteiger partial charge in [-0.1, -0.05) is 13.8 Å². The average Bonchev–Trinajstić information content (AvgIpc) is 2.00. The van der Waals surface area contributed by atoms with E-state index in [4.69, 9.17) is 0 Å². The van der Waals surface area contributed by atoms with Crippen molar-refractivity contribution in [2.75, 3.05) is 6.54 Å². The van der Waals surface area contributed by atoms with Crippen molar-refractivity contribution in [1.82, 2.24) is 0 Å².